The first-order valence-electron chi connectivity index (χ1n) is 7.53. The Labute approximate surface area is 142 Å². The van der Waals surface area contributed by atoms with E-state index in [2.05, 4.69) is 0 Å². The lowest BCUT2D eigenvalue weighted by Gasteiger charge is -2.44. The number of rotatable bonds is 4. The first kappa shape index (κ1) is 18.2. The Kier molecular flexibility index (Phi) is 5.38. The zero-order valence-electron chi connectivity index (χ0n) is 13.6. The van der Waals surface area contributed by atoms with E-state index in [0.29, 0.717) is 13.2 Å². The molecule has 1 saturated heterocycles. The van der Waals surface area contributed by atoms with Gasteiger partial charge in [-0.2, -0.15) is 0 Å². The van der Waals surface area contributed by atoms with Crippen LogP contribution in [0.15, 0.2) is 29.2 Å². The lowest BCUT2D eigenvalue weighted by molar-refractivity contribution is -0.152. The number of benzene rings is 1. The minimum atomic E-state index is -3.59. The molecular formula is C16H22ClNO4S. The van der Waals surface area contributed by atoms with Gasteiger partial charge in [0.25, 0.3) is 0 Å². The van der Waals surface area contributed by atoms with Gasteiger partial charge in [-0.05, 0) is 32.9 Å². The van der Waals surface area contributed by atoms with Crippen LogP contribution in [0.5, 0.6) is 0 Å². The minimum absolute atomic E-state index is 0.0489. The summed E-state index contributed by atoms with van der Waals surface area (Å²) in [5.74, 6) is -0.432. The Morgan fingerprint density at radius 1 is 1.39 bits per heavy atom. The lowest BCUT2D eigenvalue weighted by atomic mass is 10.0. The highest BCUT2D eigenvalue weighted by Crippen LogP contribution is 2.25. The maximum Gasteiger partial charge on any atom is 0.224 e. The zero-order valence-corrected chi connectivity index (χ0v) is 15.2. The summed E-state index contributed by atoms with van der Waals surface area (Å²) in [7, 11) is -3.59. The highest BCUT2D eigenvalue weighted by atomic mass is 35.5. The van der Waals surface area contributed by atoms with Gasteiger partial charge in [0.15, 0.2) is 9.84 Å². The fraction of sp³-hybridized carbons (Fsp3) is 0.562. The molecule has 0 N–H and O–H groups in total. The zero-order chi connectivity index (χ0) is 17.3. The number of halogens is 1. The van der Waals surface area contributed by atoms with Crippen LogP contribution in [0.4, 0.5) is 0 Å². The average molecular weight is 360 g/mol. The van der Waals surface area contributed by atoms with E-state index in [4.69, 9.17) is 16.3 Å². The van der Waals surface area contributed by atoms with Crippen molar-refractivity contribution in [2.45, 2.75) is 43.7 Å². The Morgan fingerprint density at radius 2 is 2.04 bits per heavy atom. The Hall–Kier alpha value is -1.11. The summed E-state index contributed by atoms with van der Waals surface area (Å²) in [5.41, 5.74) is -0.433. The van der Waals surface area contributed by atoms with Crippen LogP contribution >= 0.6 is 11.6 Å². The average Bonchev–Trinajstić information content (AvgIpc) is 2.48. The van der Waals surface area contributed by atoms with Crippen LogP contribution in [-0.4, -0.2) is 49.8 Å². The van der Waals surface area contributed by atoms with Crippen LogP contribution < -0.4 is 0 Å². The molecule has 1 unspecified atom stereocenters. The van der Waals surface area contributed by atoms with Crippen molar-refractivity contribution in [3.05, 3.63) is 29.3 Å². The Morgan fingerprint density at radius 3 is 2.70 bits per heavy atom. The molecule has 128 valence electrons. The van der Waals surface area contributed by atoms with Crippen molar-refractivity contribution in [1.82, 2.24) is 4.90 Å². The van der Waals surface area contributed by atoms with Crippen molar-refractivity contribution in [2.75, 3.05) is 18.9 Å². The topological polar surface area (TPSA) is 63.7 Å². The van der Waals surface area contributed by atoms with Crippen molar-refractivity contribution in [3.63, 3.8) is 0 Å². The molecule has 23 heavy (non-hydrogen) atoms. The molecule has 1 aliphatic rings. The van der Waals surface area contributed by atoms with Crippen LogP contribution in [0.1, 0.15) is 27.2 Å². The van der Waals surface area contributed by atoms with E-state index in [1.807, 2.05) is 20.8 Å². The maximum absolute atomic E-state index is 12.5. The second-order valence-corrected chi connectivity index (χ2v) is 8.92. The molecule has 1 heterocycles. The van der Waals surface area contributed by atoms with E-state index in [1.165, 1.54) is 12.1 Å². The van der Waals surface area contributed by atoms with Crippen LogP contribution in [0, 0.1) is 0 Å². The Balaban J connectivity index is 2.08. The molecule has 0 aliphatic carbocycles. The van der Waals surface area contributed by atoms with Crippen molar-refractivity contribution >= 4 is 27.3 Å². The van der Waals surface area contributed by atoms with Crippen molar-refractivity contribution in [1.29, 1.82) is 0 Å². The van der Waals surface area contributed by atoms with Crippen LogP contribution in [0.2, 0.25) is 5.02 Å². The number of ether oxygens (including phenoxy) is 1. The molecule has 0 spiro atoms. The van der Waals surface area contributed by atoms with E-state index in [1.54, 1.807) is 17.0 Å². The standard InChI is InChI=1S/C16H22ClNO4S/c1-12-10-18(16(2,3)11-22-12)15(19)8-9-23(20,21)14-7-5-4-6-13(14)17/h4-7,12H,8-11H2,1-3H3. The summed E-state index contributed by atoms with van der Waals surface area (Å²) in [5, 5.41) is 0.181. The van der Waals surface area contributed by atoms with Gasteiger partial charge in [-0.15, -0.1) is 0 Å². The van der Waals surface area contributed by atoms with E-state index in [-0.39, 0.29) is 34.1 Å². The van der Waals surface area contributed by atoms with Gasteiger partial charge in [0.1, 0.15) is 0 Å². The predicted octanol–water partition coefficient (Wildman–Crippen LogP) is 2.53. The van der Waals surface area contributed by atoms with Gasteiger partial charge in [0.05, 0.1) is 33.9 Å². The molecule has 2 rings (SSSR count). The molecule has 1 aromatic rings. The minimum Gasteiger partial charge on any atom is -0.374 e. The third kappa shape index (κ3) is 4.25. The van der Waals surface area contributed by atoms with Gasteiger partial charge in [-0.25, -0.2) is 8.42 Å². The number of morpholine rings is 1. The van der Waals surface area contributed by atoms with E-state index < -0.39 is 15.4 Å². The van der Waals surface area contributed by atoms with Gasteiger partial charge in [-0.3, -0.25) is 4.79 Å². The molecule has 1 aromatic carbocycles. The van der Waals surface area contributed by atoms with E-state index in [0.717, 1.165) is 0 Å². The molecule has 1 fully saturated rings. The fourth-order valence-corrected chi connectivity index (χ4v) is 4.39. The molecule has 1 amide bonds. The van der Waals surface area contributed by atoms with Crippen LogP contribution in [0.3, 0.4) is 0 Å². The third-order valence-corrected chi connectivity index (χ3v) is 6.16. The summed E-state index contributed by atoms with van der Waals surface area (Å²) < 4.78 is 30.3. The molecule has 1 aliphatic heterocycles. The number of hydrogen-bond donors (Lipinski definition) is 0. The number of carbonyl (C=O) groups excluding carboxylic acids is 1. The van der Waals surface area contributed by atoms with Gasteiger partial charge in [-0.1, -0.05) is 23.7 Å². The molecule has 0 radical (unpaired) electrons. The third-order valence-electron chi connectivity index (χ3n) is 3.95. The fourth-order valence-electron chi connectivity index (χ4n) is 2.58. The number of nitrogens with zero attached hydrogens (tertiary/aromatic N) is 1. The smallest absolute Gasteiger partial charge is 0.224 e. The summed E-state index contributed by atoms with van der Waals surface area (Å²) >= 11 is 5.95. The maximum atomic E-state index is 12.5. The number of amides is 1. The van der Waals surface area contributed by atoms with Crippen LogP contribution in [0.25, 0.3) is 0 Å². The largest absolute Gasteiger partial charge is 0.374 e. The molecular weight excluding hydrogens is 338 g/mol. The quantitative estimate of drug-likeness (QED) is 0.828. The second-order valence-electron chi connectivity index (χ2n) is 6.44. The van der Waals surface area contributed by atoms with Crippen molar-refractivity contribution in [3.8, 4) is 0 Å². The first-order valence-corrected chi connectivity index (χ1v) is 9.56. The summed E-state index contributed by atoms with van der Waals surface area (Å²) in [6.45, 7) is 6.64. The molecule has 0 aromatic heterocycles. The lowest BCUT2D eigenvalue weighted by Crippen LogP contribution is -2.58. The summed E-state index contributed by atoms with van der Waals surface area (Å²) in [6, 6.07) is 6.28. The van der Waals surface area contributed by atoms with Gasteiger partial charge >= 0.3 is 0 Å². The molecule has 5 nitrogen and oxygen atoms in total. The van der Waals surface area contributed by atoms with E-state index in [9.17, 15) is 13.2 Å². The molecule has 0 bridgehead atoms. The molecule has 7 heteroatoms. The molecule has 1 atom stereocenters. The predicted molar refractivity (Wildman–Crippen MR) is 89.3 cm³/mol. The van der Waals surface area contributed by atoms with Gasteiger partial charge < -0.3 is 9.64 Å². The monoisotopic (exact) mass is 359 g/mol. The normalized spacial score (nSPS) is 21.2. The Bertz CT molecular complexity index is 687. The molecule has 0 saturated carbocycles. The highest BCUT2D eigenvalue weighted by molar-refractivity contribution is 7.91. The number of sulfone groups is 1. The SMILES string of the molecule is CC1CN(C(=O)CCS(=O)(=O)c2ccccc2Cl)C(C)(C)CO1. The van der Waals surface area contributed by atoms with Gasteiger partial charge in [0.2, 0.25) is 5.91 Å². The van der Waals surface area contributed by atoms with Crippen molar-refractivity contribution < 1.29 is 17.9 Å². The number of carbonyl (C=O) groups is 1. The summed E-state index contributed by atoms with van der Waals surface area (Å²) in [4.78, 5) is 14.3. The first-order chi connectivity index (χ1) is 10.6. The van der Waals surface area contributed by atoms with Crippen LogP contribution in [-0.2, 0) is 19.4 Å². The van der Waals surface area contributed by atoms with Crippen molar-refractivity contribution in [2.24, 2.45) is 0 Å². The number of hydrogen-bond acceptors (Lipinski definition) is 4. The second kappa shape index (κ2) is 6.79. The highest BCUT2D eigenvalue weighted by Gasteiger charge is 2.36. The van der Waals surface area contributed by atoms with Gasteiger partial charge in [0, 0.05) is 13.0 Å². The van der Waals surface area contributed by atoms with E-state index >= 15 is 0 Å². The summed E-state index contributed by atoms with van der Waals surface area (Å²) in [6.07, 6.45) is -0.115.